The summed E-state index contributed by atoms with van der Waals surface area (Å²) in [6.07, 6.45) is 17.8. The molecule has 0 saturated heterocycles. The van der Waals surface area contributed by atoms with Gasteiger partial charge in [0, 0.05) is 90.5 Å². The van der Waals surface area contributed by atoms with Gasteiger partial charge in [0.25, 0.3) is 0 Å². The van der Waals surface area contributed by atoms with Crippen LogP contribution in [0.2, 0.25) is 12.1 Å². The van der Waals surface area contributed by atoms with E-state index >= 15 is 0 Å². The van der Waals surface area contributed by atoms with Crippen molar-refractivity contribution in [2.45, 2.75) is 169 Å². The SMILES string of the molecule is CCO[Si](CCCNC(=O)CCCCCCCCC#CC#CCCCCCCCCC(=O)NCCC[Si](OCC)(OCC)OCC)(OCC)OCC. The number of amides is 2. The molecule has 12 heteroatoms. The molecule has 0 heterocycles. The average molecular weight is 769 g/mol. The van der Waals surface area contributed by atoms with E-state index in [0.29, 0.717) is 65.6 Å². The number of hydrogen-bond donors (Lipinski definition) is 2. The zero-order valence-electron chi connectivity index (χ0n) is 34.1. The Morgan fingerprint density at radius 1 is 0.423 bits per heavy atom. The van der Waals surface area contributed by atoms with Gasteiger partial charge in [0.15, 0.2) is 0 Å². The minimum atomic E-state index is -2.63. The molecule has 0 fully saturated rings. The topological polar surface area (TPSA) is 114 Å². The lowest BCUT2D eigenvalue weighted by Gasteiger charge is -2.28. The van der Waals surface area contributed by atoms with Crippen LogP contribution in [0.15, 0.2) is 0 Å². The van der Waals surface area contributed by atoms with Crippen LogP contribution in [0.3, 0.4) is 0 Å². The highest BCUT2D eigenvalue weighted by molar-refractivity contribution is 6.61. The van der Waals surface area contributed by atoms with Gasteiger partial charge in [-0.05, 0) is 91.9 Å². The molecule has 0 aliphatic heterocycles. The second-order valence-electron chi connectivity index (χ2n) is 12.7. The van der Waals surface area contributed by atoms with Gasteiger partial charge in [-0.25, -0.2) is 0 Å². The molecule has 2 N–H and O–H groups in total. The van der Waals surface area contributed by atoms with E-state index in [1.54, 1.807) is 0 Å². The smallest absolute Gasteiger partial charge is 0.374 e. The van der Waals surface area contributed by atoms with E-state index in [1.807, 2.05) is 41.5 Å². The maximum absolute atomic E-state index is 12.2. The third-order valence-corrected chi connectivity index (χ3v) is 14.6. The fourth-order valence-corrected chi connectivity index (χ4v) is 11.1. The monoisotopic (exact) mass is 769 g/mol. The fourth-order valence-electron chi connectivity index (χ4n) is 5.87. The Hall–Kier alpha value is -1.75. The first-order valence-electron chi connectivity index (χ1n) is 20.7. The molecule has 0 bridgehead atoms. The van der Waals surface area contributed by atoms with Gasteiger partial charge < -0.3 is 37.2 Å². The molecule has 0 aromatic rings. The predicted molar refractivity (Wildman–Crippen MR) is 216 cm³/mol. The number of nitrogens with one attached hydrogen (secondary N) is 2. The summed E-state index contributed by atoms with van der Waals surface area (Å²) in [6.45, 7) is 16.4. The second kappa shape index (κ2) is 36.2. The average Bonchev–Trinajstić information content (AvgIpc) is 3.12. The van der Waals surface area contributed by atoms with Crippen molar-refractivity contribution in [2.75, 3.05) is 52.7 Å². The van der Waals surface area contributed by atoms with Crippen LogP contribution in [0.4, 0.5) is 0 Å². The lowest BCUT2D eigenvalue weighted by molar-refractivity contribution is -0.122. The molecule has 0 radical (unpaired) electrons. The Morgan fingerprint density at radius 3 is 1.02 bits per heavy atom. The van der Waals surface area contributed by atoms with E-state index < -0.39 is 17.6 Å². The lowest BCUT2D eigenvalue weighted by atomic mass is 10.1. The standard InChI is InChI=1S/C40H76N2O8Si2/c1-7-45-51(46-8-2,47-9-3)37-31-35-41-39(43)33-29-27-25-23-21-19-17-15-13-14-16-18-20-22-24-26-28-30-34-40(44)42-36-32-38-52(48-10-4,49-11-5)50-12-6/h7-12,17-38H2,1-6H3,(H,41,43)(H,42,44). The van der Waals surface area contributed by atoms with E-state index in [1.165, 1.54) is 25.7 Å². The zero-order valence-corrected chi connectivity index (χ0v) is 36.1. The number of rotatable bonds is 36. The van der Waals surface area contributed by atoms with Gasteiger partial charge in [0.2, 0.25) is 11.8 Å². The third kappa shape index (κ3) is 28.7. The van der Waals surface area contributed by atoms with Crippen molar-refractivity contribution in [2.24, 2.45) is 0 Å². The molecule has 0 aromatic heterocycles. The number of carbonyl (C=O) groups is 2. The summed E-state index contributed by atoms with van der Waals surface area (Å²) in [5, 5.41) is 6.06. The molecule has 0 spiro atoms. The summed E-state index contributed by atoms with van der Waals surface area (Å²) in [7, 11) is -5.26. The maximum Gasteiger partial charge on any atom is 0.500 e. The van der Waals surface area contributed by atoms with Crippen LogP contribution < -0.4 is 10.6 Å². The van der Waals surface area contributed by atoms with Crippen molar-refractivity contribution in [3.8, 4) is 23.7 Å². The summed E-state index contributed by atoms with van der Waals surface area (Å²) in [6, 6.07) is 1.44. The fraction of sp³-hybridized carbons (Fsp3) is 0.850. The van der Waals surface area contributed by atoms with Crippen LogP contribution in [0.5, 0.6) is 0 Å². The minimum Gasteiger partial charge on any atom is -0.374 e. The minimum absolute atomic E-state index is 0.122. The van der Waals surface area contributed by atoms with Crippen molar-refractivity contribution in [1.82, 2.24) is 10.6 Å². The Kier molecular flexibility index (Phi) is 35.0. The highest BCUT2D eigenvalue weighted by atomic mass is 28.4. The first-order chi connectivity index (χ1) is 25.4. The van der Waals surface area contributed by atoms with Crippen molar-refractivity contribution in [3.05, 3.63) is 0 Å². The highest BCUT2D eigenvalue weighted by Gasteiger charge is 2.40. The normalized spacial score (nSPS) is 11.4. The summed E-state index contributed by atoms with van der Waals surface area (Å²) in [5.41, 5.74) is 0. The van der Waals surface area contributed by atoms with E-state index in [-0.39, 0.29) is 11.8 Å². The van der Waals surface area contributed by atoms with Crippen molar-refractivity contribution < 1.29 is 36.1 Å². The second-order valence-corrected chi connectivity index (χ2v) is 18.2. The van der Waals surface area contributed by atoms with Gasteiger partial charge in [0.1, 0.15) is 0 Å². The number of unbranched alkanes of at least 4 members (excludes halogenated alkanes) is 12. The van der Waals surface area contributed by atoms with Crippen LogP contribution in [-0.2, 0) is 36.1 Å². The third-order valence-electron chi connectivity index (χ3n) is 8.30. The molecule has 0 aromatic carbocycles. The van der Waals surface area contributed by atoms with Crippen molar-refractivity contribution >= 4 is 29.4 Å². The van der Waals surface area contributed by atoms with Gasteiger partial charge >= 0.3 is 17.6 Å². The van der Waals surface area contributed by atoms with Crippen LogP contribution >= 0.6 is 0 Å². The van der Waals surface area contributed by atoms with E-state index in [9.17, 15) is 9.59 Å². The summed E-state index contributed by atoms with van der Waals surface area (Å²) in [4.78, 5) is 24.4. The molecule has 0 aliphatic rings. The Morgan fingerprint density at radius 2 is 0.712 bits per heavy atom. The van der Waals surface area contributed by atoms with E-state index in [0.717, 1.165) is 89.1 Å². The number of carbonyl (C=O) groups excluding carboxylic acids is 2. The van der Waals surface area contributed by atoms with Crippen molar-refractivity contribution in [1.29, 1.82) is 0 Å². The molecule has 0 aliphatic carbocycles. The summed E-state index contributed by atoms with van der Waals surface area (Å²) < 4.78 is 35.2. The van der Waals surface area contributed by atoms with Gasteiger partial charge in [0.05, 0.1) is 0 Å². The summed E-state index contributed by atoms with van der Waals surface area (Å²) >= 11 is 0. The molecular formula is C40H76N2O8Si2. The Bertz CT molecular complexity index is 884. The Balaban J connectivity index is 3.70. The maximum atomic E-state index is 12.2. The molecule has 0 unspecified atom stereocenters. The largest absolute Gasteiger partial charge is 0.500 e. The molecule has 0 saturated carbocycles. The zero-order chi connectivity index (χ0) is 38.4. The van der Waals surface area contributed by atoms with Crippen LogP contribution in [0.25, 0.3) is 0 Å². The quantitative estimate of drug-likeness (QED) is 0.0372. The molecule has 0 atom stereocenters. The molecule has 10 nitrogen and oxygen atoms in total. The summed E-state index contributed by atoms with van der Waals surface area (Å²) in [5.74, 6) is 12.6. The van der Waals surface area contributed by atoms with Gasteiger partial charge in [-0.15, -0.1) is 0 Å². The van der Waals surface area contributed by atoms with Gasteiger partial charge in [-0.2, -0.15) is 0 Å². The molecule has 52 heavy (non-hydrogen) atoms. The molecule has 302 valence electrons. The molecule has 2 amide bonds. The number of hydrogen-bond acceptors (Lipinski definition) is 8. The van der Waals surface area contributed by atoms with E-state index in [4.69, 9.17) is 26.6 Å². The first kappa shape index (κ1) is 50.3. The first-order valence-corrected chi connectivity index (χ1v) is 24.5. The van der Waals surface area contributed by atoms with Crippen molar-refractivity contribution in [3.63, 3.8) is 0 Å². The highest BCUT2D eigenvalue weighted by Crippen LogP contribution is 2.19. The van der Waals surface area contributed by atoms with Crippen LogP contribution in [0.1, 0.15) is 157 Å². The van der Waals surface area contributed by atoms with Gasteiger partial charge in [-0.3, -0.25) is 9.59 Å². The van der Waals surface area contributed by atoms with E-state index in [2.05, 4.69) is 34.3 Å². The lowest BCUT2D eigenvalue weighted by Crippen LogP contribution is -2.46. The van der Waals surface area contributed by atoms with Gasteiger partial charge in [-0.1, -0.05) is 63.2 Å². The predicted octanol–water partition coefficient (Wildman–Crippen LogP) is 8.34. The van der Waals surface area contributed by atoms with Crippen LogP contribution in [0, 0.1) is 23.7 Å². The molecule has 0 rings (SSSR count). The van der Waals surface area contributed by atoms with Crippen LogP contribution in [-0.4, -0.2) is 82.2 Å². The Labute approximate surface area is 321 Å². The molecular weight excluding hydrogens is 693 g/mol.